The van der Waals surface area contributed by atoms with Crippen molar-refractivity contribution in [2.75, 3.05) is 56.5 Å². The summed E-state index contributed by atoms with van der Waals surface area (Å²) in [7, 11) is 2.15. The molecule has 0 spiro atoms. The molecule has 2 aliphatic rings. The Bertz CT molecular complexity index is 1270. The summed E-state index contributed by atoms with van der Waals surface area (Å²) in [5.74, 6) is 1.71. The van der Waals surface area contributed by atoms with Crippen molar-refractivity contribution in [2.24, 2.45) is 0 Å². The summed E-state index contributed by atoms with van der Waals surface area (Å²) in [6.45, 7) is 10.8. The van der Waals surface area contributed by atoms with E-state index in [2.05, 4.69) is 60.3 Å². The van der Waals surface area contributed by atoms with Crippen LogP contribution in [0.25, 0.3) is 16.6 Å². The van der Waals surface area contributed by atoms with Gasteiger partial charge in [0.05, 0.1) is 5.39 Å². The number of piperazine rings is 1. The van der Waals surface area contributed by atoms with Crippen molar-refractivity contribution < 1.29 is 9.53 Å². The second kappa shape index (κ2) is 9.77. The number of ether oxygens (including phenoxy) is 1. The highest BCUT2D eigenvalue weighted by Crippen LogP contribution is 2.30. The number of fused-ring (bicyclic) bond motifs is 1. The minimum Gasteiger partial charge on any atom is -0.444 e. The van der Waals surface area contributed by atoms with E-state index in [0.717, 1.165) is 72.2 Å². The fourth-order valence-corrected chi connectivity index (χ4v) is 4.46. The van der Waals surface area contributed by atoms with Crippen LogP contribution in [-0.2, 0) is 4.74 Å². The van der Waals surface area contributed by atoms with Gasteiger partial charge in [0.1, 0.15) is 29.2 Å². The monoisotopic (exact) mass is 490 g/mol. The van der Waals surface area contributed by atoms with E-state index in [-0.39, 0.29) is 6.09 Å². The fraction of sp³-hybridized carbons (Fsp3) is 0.462. The first-order valence-corrected chi connectivity index (χ1v) is 12.4. The van der Waals surface area contributed by atoms with Gasteiger partial charge in [-0.15, -0.1) is 0 Å². The van der Waals surface area contributed by atoms with Crippen LogP contribution >= 0.6 is 0 Å². The number of likely N-dealkylation sites (N-methyl/N-ethyl adjacent to an activating group) is 1. The lowest BCUT2D eigenvalue weighted by Gasteiger charge is -2.33. The zero-order valence-corrected chi connectivity index (χ0v) is 21.4. The third kappa shape index (κ3) is 5.43. The number of rotatable bonds is 4. The largest absolute Gasteiger partial charge is 0.444 e. The summed E-state index contributed by atoms with van der Waals surface area (Å²) >= 11 is 0. The van der Waals surface area contributed by atoms with Crippen LogP contribution in [0.4, 0.5) is 22.1 Å². The van der Waals surface area contributed by atoms with Crippen LogP contribution in [0.2, 0.25) is 0 Å². The molecule has 10 nitrogen and oxygen atoms in total. The molecule has 5 rings (SSSR count). The third-order valence-electron chi connectivity index (χ3n) is 6.47. The van der Waals surface area contributed by atoms with Crippen molar-refractivity contribution in [2.45, 2.75) is 32.8 Å². The van der Waals surface area contributed by atoms with Gasteiger partial charge in [0.25, 0.3) is 0 Å². The number of hydrogen-bond donors (Lipinski definition) is 2. The first-order valence-electron chi connectivity index (χ1n) is 12.4. The minimum absolute atomic E-state index is 0.278. The van der Waals surface area contributed by atoms with E-state index in [0.29, 0.717) is 13.1 Å². The molecule has 0 unspecified atom stereocenters. The number of H-pyrrole nitrogens is 1. The van der Waals surface area contributed by atoms with Crippen molar-refractivity contribution >= 4 is 40.0 Å². The quantitative estimate of drug-likeness (QED) is 0.568. The molecule has 0 saturated carbocycles. The van der Waals surface area contributed by atoms with Crippen LogP contribution in [0.3, 0.4) is 0 Å². The van der Waals surface area contributed by atoms with Gasteiger partial charge in [0.2, 0.25) is 0 Å². The molecule has 1 amide bonds. The maximum atomic E-state index is 12.4. The standard InChI is InChI=1S/C26H34N8O2/c1-26(2,3)36-25(35)34-9-6-18(7-10-34)21-16-20-23(28-17-29-24(20)31-21)30-19-5-8-27-22(15-19)33-13-11-32(4)12-14-33/h5-6,8,15-17H,7,9-14H2,1-4H3,(H2,27,28,29,30,31). The molecule has 0 radical (unpaired) electrons. The molecule has 2 aliphatic heterocycles. The number of pyridine rings is 1. The maximum Gasteiger partial charge on any atom is 0.410 e. The molecular formula is C26H34N8O2. The number of anilines is 3. The topological polar surface area (TPSA) is 103 Å². The number of hydrogen-bond acceptors (Lipinski definition) is 8. The van der Waals surface area contributed by atoms with E-state index < -0.39 is 5.60 Å². The Labute approximate surface area is 211 Å². The van der Waals surface area contributed by atoms with Gasteiger partial charge in [-0.2, -0.15) is 0 Å². The second-order valence-electron chi connectivity index (χ2n) is 10.4. The lowest BCUT2D eigenvalue weighted by Crippen LogP contribution is -2.44. The van der Waals surface area contributed by atoms with Crippen LogP contribution in [-0.4, -0.2) is 87.7 Å². The molecule has 3 aromatic heterocycles. The number of carbonyl (C=O) groups is 1. The van der Waals surface area contributed by atoms with Crippen molar-refractivity contribution in [3.05, 3.63) is 42.5 Å². The SMILES string of the molecule is CN1CCN(c2cc(Nc3ncnc4[nH]c(C5=CCN(C(=O)OC(C)(C)C)CC5)cc34)ccn2)CC1. The van der Waals surface area contributed by atoms with Gasteiger partial charge in [-0.05, 0) is 51.9 Å². The van der Waals surface area contributed by atoms with Gasteiger partial charge < -0.3 is 29.7 Å². The van der Waals surface area contributed by atoms with Gasteiger partial charge in [-0.25, -0.2) is 19.7 Å². The Hall–Kier alpha value is -3.66. The molecular weight excluding hydrogens is 456 g/mol. The number of nitrogens with zero attached hydrogens (tertiary/aromatic N) is 6. The number of aromatic amines is 1. The first-order chi connectivity index (χ1) is 17.2. The van der Waals surface area contributed by atoms with Crippen molar-refractivity contribution in [1.29, 1.82) is 0 Å². The number of aromatic nitrogens is 4. The molecule has 0 atom stereocenters. The van der Waals surface area contributed by atoms with E-state index in [9.17, 15) is 4.79 Å². The minimum atomic E-state index is -0.500. The zero-order chi connectivity index (χ0) is 25.3. The summed E-state index contributed by atoms with van der Waals surface area (Å²) in [4.78, 5) is 35.7. The smallest absolute Gasteiger partial charge is 0.410 e. The molecule has 0 aliphatic carbocycles. The third-order valence-corrected chi connectivity index (χ3v) is 6.47. The van der Waals surface area contributed by atoms with Gasteiger partial charge in [-0.1, -0.05) is 6.08 Å². The van der Waals surface area contributed by atoms with Crippen molar-refractivity contribution in [3.63, 3.8) is 0 Å². The molecule has 5 heterocycles. The molecule has 190 valence electrons. The van der Waals surface area contributed by atoms with Crippen LogP contribution in [0, 0.1) is 0 Å². The van der Waals surface area contributed by atoms with Crippen LogP contribution in [0.15, 0.2) is 36.8 Å². The van der Waals surface area contributed by atoms with E-state index in [4.69, 9.17) is 4.74 Å². The van der Waals surface area contributed by atoms with E-state index in [1.165, 1.54) is 0 Å². The number of amides is 1. The zero-order valence-electron chi connectivity index (χ0n) is 21.4. The van der Waals surface area contributed by atoms with Gasteiger partial charge >= 0.3 is 6.09 Å². The molecule has 0 aromatic carbocycles. The Kier molecular flexibility index (Phi) is 6.53. The molecule has 3 aromatic rings. The van der Waals surface area contributed by atoms with Gasteiger partial charge in [-0.3, -0.25) is 0 Å². The summed E-state index contributed by atoms with van der Waals surface area (Å²) in [5.41, 5.74) is 3.35. The first kappa shape index (κ1) is 24.1. The second-order valence-corrected chi connectivity index (χ2v) is 10.4. The lowest BCUT2D eigenvalue weighted by molar-refractivity contribution is 0.0270. The molecule has 1 saturated heterocycles. The highest BCUT2D eigenvalue weighted by atomic mass is 16.6. The fourth-order valence-electron chi connectivity index (χ4n) is 4.46. The predicted molar refractivity (Wildman–Crippen MR) is 142 cm³/mol. The van der Waals surface area contributed by atoms with E-state index >= 15 is 0 Å². The Morgan fingerprint density at radius 1 is 1.08 bits per heavy atom. The molecule has 10 heteroatoms. The number of nitrogens with one attached hydrogen (secondary N) is 2. The van der Waals surface area contributed by atoms with Crippen LogP contribution < -0.4 is 10.2 Å². The summed E-state index contributed by atoms with van der Waals surface area (Å²) in [6, 6.07) is 6.10. The summed E-state index contributed by atoms with van der Waals surface area (Å²) in [5, 5.41) is 4.38. The van der Waals surface area contributed by atoms with Crippen molar-refractivity contribution in [3.8, 4) is 0 Å². The molecule has 1 fully saturated rings. The Morgan fingerprint density at radius 2 is 1.89 bits per heavy atom. The van der Waals surface area contributed by atoms with E-state index in [1.807, 2.05) is 33.0 Å². The Morgan fingerprint density at radius 3 is 2.61 bits per heavy atom. The van der Waals surface area contributed by atoms with Gasteiger partial charge in [0, 0.05) is 62.9 Å². The normalized spacial score (nSPS) is 17.3. The molecule has 2 N–H and O–H groups in total. The van der Waals surface area contributed by atoms with Crippen LogP contribution in [0.5, 0.6) is 0 Å². The highest BCUT2D eigenvalue weighted by molar-refractivity contribution is 5.92. The number of carbonyl (C=O) groups excluding carboxylic acids is 1. The highest BCUT2D eigenvalue weighted by Gasteiger charge is 2.24. The summed E-state index contributed by atoms with van der Waals surface area (Å²) < 4.78 is 5.50. The predicted octanol–water partition coefficient (Wildman–Crippen LogP) is 3.87. The molecule has 36 heavy (non-hydrogen) atoms. The van der Waals surface area contributed by atoms with E-state index in [1.54, 1.807) is 11.2 Å². The molecule has 0 bridgehead atoms. The Balaban J connectivity index is 1.32. The summed E-state index contributed by atoms with van der Waals surface area (Å²) in [6.07, 6.45) is 5.93. The maximum absolute atomic E-state index is 12.4. The lowest BCUT2D eigenvalue weighted by atomic mass is 10.1. The average Bonchev–Trinajstić information content (AvgIpc) is 3.29. The average molecular weight is 491 g/mol. The van der Waals surface area contributed by atoms with Crippen LogP contribution in [0.1, 0.15) is 32.9 Å². The van der Waals surface area contributed by atoms with Gasteiger partial charge in [0.15, 0.2) is 0 Å². The van der Waals surface area contributed by atoms with Crippen molar-refractivity contribution in [1.82, 2.24) is 29.7 Å².